The Morgan fingerprint density at radius 1 is 0.864 bits per heavy atom. The van der Waals surface area contributed by atoms with Crippen LogP contribution in [0.1, 0.15) is 22.3 Å². The molecule has 4 rings (SSSR count). The van der Waals surface area contributed by atoms with E-state index in [1.54, 1.807) is 0 Å². The van der Waals surface area contributed by atoms with Gasteiger partial charge in [0.25, 0.3) is 0 Å². The molecule has 0 nitrogen and oxygen atoms in total. The van der Waals surface area contributed by atoms with Gasteiger partial charge in [-0.05, 0) is 51.9 Å². The maximum Gasteiger partial charge on any atom is 0.0482 e. The second-order valence-corrected chi connectivity index (χ2v) is 7.00. The fourth-order valence-corrected chi connectivity index (χ4v) is 3.74. The fourth-order valence-electron chi connectivity index (χ4n) is 3.18. The predicted molar refractivity (Wildman–Crippen MR) is 96.6 cm³/mol. The van der Waals surface area contributed by atoms with Gasteiger partial charge in [-0.2, -0.15) is 0 Å². The van der Waals surface area contributed by atoms with Crippen molar-refractivity contribution < 1.29 is 0 Å². The molecule has 0 unspecified atom stereocenters. The van der Waals surface area contributed by atoms with Crippen molar-refractivity contribution in [2.75, 3.05) is 0 Å². The van der Waals surface area contributed by atoms with Gasteiger partial charge < -0.3 is 0 Å². The minimum absolute atomic E-state index is 0.871. The lowest BCUT2D eigenvalue weighted by atomic mass is 9.99. The molecule has 0 aliphatic heterocycles. The zero-order valence-electron chi connectivity index (χ0n) is 11.9. The highest BCUT2D eigenvalue weighted by atomic mass is 79.9. The van der Waals surface area contributed by atoms with Crippen LogP contribution in [0.25, 0.3) is 11.1 Å². The molecule has 0 radical (unpaired) electrons. The molecule has 0 fully saturated rings. The maximum atomic E-state index is 6.72. The molecule has 0 saturated carbocycles. The minimum atomic E-state index is 0.871. The van der Waals surface area contributed by atoms with Gasteiger partial charge in [-0.3, -0.25) is 0 Å². The zero-order valence-corrected chi connectivity index (χ0v) is 14.3. The monoisotopic (exact) mass is 368 g/mol. The summed E-state index contributed by atoms with van der Waals surface area (Å²) in [5.41, 5.74) is 7.75. The topological polar surface area (TPSA) is 0 Å². The molecule has 0 aromatic heterocycles. The van der Waals surface area contributed by atoms with Gasteiger partial charge in [0.2, 0.25) is 0 Å². The van der Waals surface area contributed by atoms with E-state index in [4.69, 9.17) is 11.6 Å². The number of fused-ring (bicyclic) bond motifs is 3. The quantitative estimate of drug-likeness (QED) is 0.391. The molecule has 0 amide bonds. The van der Waals surface area contributed by atoms with Crippen molar-refractivity contribution in [2.24, 2.45) is 0 Å². The van der Waals surface area contributed by atoms with Crippen LogP contribution in [0.5, 0.6) is 0 Å². The summed E-state index contributed by atoms with van der Waals surface area (Å²) in [6, 6.07) is 21.4. The van der Waals surface area contributed by atoms with E-state index in [0.717, 1.165) is 22.3 Å². The van der Waals surface area contributed by atoms with E-state index in [2.05, 4.69) is 76.6 Å². The molecule has 0 saturated heterocycles. The third kappa shape index (κ3) is 2.39. The van der Waals surface area contributed by atoms with Crippen LogP contribution in [0, 0.1) is 0 Å². The van der Waals surface area contributed by atoms with E-state index >= 15 is 0 Å². The van der Waals surface area contributed by atoms with Crippen LogP contribution in [-0.4, -0.2) is 0 Å². The summed E-state index contributed by atoms with van der Waals surface area (Å²) in [6.07, 6.45) is 1.81. The van der Waals surface area contributed by atoms with Gasteiger partial charge in [0.15, 0.2) is 0 Å². The highest BCUT2D eigenvalue weighted by molar-refractivity contribution is 9.10. The number of hydrogen-bond acceptors (Lipinski definition) is 0. The highest BCUT2D eigenvalue weighted by Crippen LogP contribution is 2.41. The van der Waals surface area contributed by atoms with Crippen LogP contribution in [0.4, 0.5) is 0 Å². The Morgan fingerprint density at radius 3 is 2.45 bits per heavy atom. The van der Waals surface area contributed by atoms with Gasteiger partial charge in [0, 0.05) is 15.9 Å². The highest BCUT2D eigenvalue weighted by Gasteiger charge is 2.21. The third-order valence-corrected chi connectivity index (χ3v) is 5.31. The van der Waals surface area contributed by atoms with Crippen LogP contribution in [0.15, 0.2) is 65.1 Å². The first-order valence-electron chi connectivity index (χ1n) is 7.35. The first kappa shape index (κ1) is 14.0. The van der Waals surface area contributed by atoms with Crippen LogP contribution >= 0.6 is 27.5 Å². The third-order valence-electron chi connectivity index (χ3n) is 4.31. The van der Waals surface area contributed by atoms with Gasteiger partial charge in [-0.1, -0.05) is 76.1 Å². The maximum absolute atomic E-state index is 6.72. The second kappa shape index (κ2) is 5.57. The van der Waals surface area contributed by atoms with Crippen LogP contribution in [0.3, 0.4) is 0 Å². The van der Waals surface area contributed by atoms with Gasteiger partial charge in [0.05, 0.1) is 0 Å². The van der Waals surface area contributed by atoms with Gasteiger partial charge >= 0.3 is 0 Å². The molecular weight excluding hydrogens is 356 g/mol. The summed E-state index contributed by atoms with van der Waals surface area (Å²) >= 11 is 10.2. The molecule has 0 spiro atoms. The van der Waals surface area contributed by atoms with Crippen LogP contribution < -0.4 is 0 Å². The number of halogens is 2. The summed E-state index contributed by atoms with van der Waals surface area (Å²) in [7, 11) is 0. The van der Waals surface area contributed by atoms with Crippen molar-refractivity contribution in [3.63, 3.8) is 0 Å². The van der Waals surface area contributed by atoms with E-state index in [0.29, 0.717) is 0 Å². The predicted octanol–water partition coefficient (Wildman–Crippen LogP) is 6.26. The standard InChI is InChI=1S/C20H14BrCl/c21-16-8-5-13(6-9-16)11-15-7-10-18-17-4-2-1-3-14(17)12-19(18)20(15)22/h1-10H,11-12H2. The van der Waals surface area contributed by atoms with Crippen molar-refractivity contribution >= 4 is 27.5 Å². The molecule has 0 bridgehead atoms. The first-order chi connectivity index (χ1) is 10.7. The van der Waals surface area contributed by atoms with Gasteiger partial charge in [0.1, 0.15) is 0 Å². The Kier molecular flexibility index (Phi) is 3.56. The molecular formula is C20H14BrCl. The lowest BCUT2D eigenvalue weighted by molar-refractivity contribution is 1.16. The van der Waals surface area contributed by atoms with E-state index in [1.165, 1.54) is 33.4 Å². The van der Waals surface area contributed by atoms with E-state index in [1.807, 2.05) is 0 Å². The molecule has 3 aromatic carbocycles. The Hall–Kier alpha value is -1.57. The van der Waals surface area contributed by atoms with E-state index < -0.39 is 0 Å². The SMILES string of the molecule is Clc1c(Cc2ccc(Br)cc2)ccc2c1Cc1ccccc1-2. The Balaban J connectivity index is 1.72. The summed E-state index contributed by atoms with van der Waals surface area (Å²) in [4.78, 5) is 0. The van der Waals surface area contributed by atoms with E-state index in [-0.39, 0.29) is 0 Å². The lowest BCUT2D eigenvalue weighted by Gasteiger charge is -2.10. The first-order valence-corrected chi connectivity index (χ1v) is 8.52. The Labute approximate surface area is 143 Å². The molecule has 1 aliphatic rings. The van der Waals surface area contributed by atoms with Crippen molar-refractivity contribution in [1.82, 2.24) is 0 Å². The van der Waals surface area contributed by atoms with Gasteiger partial charge in [-0.15, -0.1) is 0 Å². The van der Waals surface area contributed by atoms with Crippen molar-refractivity contribution in [3.8, 4) is 11.1 Å². The molecule has 3 aromatic rings. The number of rotatable bonds is 2. The summed E-state index contributed by atoms with van der Waals surface area (Å²) in [6.45, 7) is 0. The molecule has 0 heterocycles. The summed E-state index contributed by atoms with van der Waals surface area (Å²) in [5.74, 6) is 0. The van der Waals surface area contributed by atoms with Crippen LogP contribution in [0.2, 0.25) is 5.02 Å². The molecule has 1 aliphatic carbocycles. The largest absolute Gasteiger partial charge is 0.0837 e. The number of benzene rings is 3. The lowest BCUT2D eigenvalue weighted by Crippen LogP contribution is -1.93. The molecule has 108 valence electrons. The van der Waals surface area contributed by atoms with Crippen molar-refractivity contribution in [2.45, 2.75) is 12.8 Å². The second-order valence-electron chi connectivity index (χ2n) is 5.70. The normalized spacial score (nSPS) is 12.1. The smallest absolute Gasteiger partial charge is 0.0482 e. The van der Waals surface area contributed by atoms with Crippen molar-refractivity contribution in [3.05, 3.63) is 92.4 Å². The van der Waals surface area contributed by atoms with E-state index in [9.17, 15) is 0 Å². The molecule has 0 N–H and O–H groups in total. The molecule has 22 heavy (non-hydrogen) atoms. The Morgan fingerprint density at radius 2 is 1.64 bits per heavy atom. The average molecular weight is 370 g/mol. The number of hydrogen-bond donors (Lipinski definition) is 0. The zero-order chi connectivity index (χ0) is 15.1. The van der Waals surface area contributed by atoms with Crippen LogP contribution in [-0.2, 0) is 12.8 Å². The van der Waals surface area contributed by atoms with Gasteiger partial charge in [-0.25, -0.2) is 0 Å². The molecule has 0 atom stereocenters. The fraction of sp³-hybridized carbons (Fsp3) is 0.100. The average Bonchev–Trinajstić information content (AvgIpc) is 2.92. The summed E-state index contributed by atoms with van der Waals surface area (Å²) in [5, 5.41) is 0.927. The molecule has 2 heteroatoms. The minimum Gasteiger partial charge on any atom is -0.0837 e. The summed E-state index contributed by atoms with van der Waals surface area (Å²) < 4.78 is 1.10. The van der Waals surface area contributed by atoms with Crippen molar-refractivity contribution in [1.29, 1.82) is 0 Å². The Bertz CT molecular complexity index is 850.